The third-order valence-corrected chi connectivity index (χ3v) is 3.12. The van der Waals surface area contributed by atoms with Crippen molar-refractivity contribution in [1.82, 2.24) is 0 Å². The summed E-state index contributed by atoms with van der Waals surface area (Å²) in [4.78, 5) is 0. The fourth-order valence-electron chi connectivity index (χ4n) is 1.92. The van der Waals surface area contributed by atoms with E-state index in [4.69, 9.17) is 9.47 Å². The molecule has 1 aromatic carbocycles. The van der Waals surface area contributed by atoms with Gasteiger partial charge in [0.05, 0.1) is 20.3 Å². The van der Waals surface area contributed by atoms with Crippen LogP contribution in [-0.4, -0.2) is 19.3 Å². The van der Waals surface area contributed by atoms with Gasteiger partial charge in [-0.2, -0.15) is 0 Å². The predicted octanol–water partition coefficient (Wildman–Crippen LogP) is 2.68. The van der Waals surface area contributed by atoms with Crippen molar-refractivity contribution in [3.05, 3.63) is 23.5 Å². The van der Waals surface area contributed by atoms with E-state index in [-0.39, 0.29) is 5.56 Å². The first-order chi connectivity index (χ1) is 8.15. The van der Waals surface area contributed by atoms with Crippen LogP contribution in [0.15, 0.2) is 12.1 Å². The van der Waals surface area contributed by atoms with Crippen LogP contribution in [0, 0.1) is 11.7 Å². The first kappa shape index (κ1) is 12.2. The average Bonchev–Trinajstić information content (AvgIpc) is 3.12. The molecule has 1 aromatic rings. The summed E-state index contributed by atoms with van der Waals surface area (Å²) >= 11 is 0. The zero-order valence-electron chi connectivity index (χ0n) is 10.1. The number of hydrogen-bond acceptors (Lipinski definition) is 3. The molecule has 0 aliphatic heterocycles. The van der Waals surface area contributed by atoms with Crippen molar-refractivity contribution in [3.8, 4) is 11.5 Å². The summed E-state index contributed by atoms with van der Waals surface area (Å²) < 4.78 is 23.9. The van der Waals surface area contributed by atoms with Crippen molar-refractivity contribution in [2.45, 2.75) is 25.4 Å². The summed E-state index contributed by atoms with van der Waals surface area (Å²) in [5.74, 6) is 0.874. The molecule has 1 aliphatic carbocycles. The van der Waals surface area contributed by atoms with Crippen LogP contribution in [-0.2, 0) is 0 Å². The standard InChI is InChI=1S/C13H17FO3/c1-16-12-6-9(10(14)7-13(12)17-2)11(15)5-8-3-4-8/h6-8,11,15H,3-5H2,1-2H3. The SMILES string of the molecule is COc1cc(F)c(C(O)CC2CC2)cc1OC. The highest BCUT2D eigenvalue weighted by molar-refractivity contribution is 5.44. The van der Waals surface area contributed by atoms with E-state index in [2.05, 4.69) is 0 Å². The normalized spacial score (nSPS) is 16.7. The Hall–Kier alpha value is -1.29. The molecule has 0 spiro atoms. The number of halogens is 1. The molecule has 1 atom stereocenters. The first-order valence-electron chi connectivity index (χ1n) is 5.75. The molecule has 1 aliphatic rings. The number of hydrogen-bond donors (Lipinski definition) is 1. The van der Waals surface area contributed by atoms with Gasteiger partial charge in [0.25, 0.3) is 0 Å². The fourth-order valence-corrected chi connectivity index (χ4v) is 1.92. The third kappa shape index (κ3) is 2.69. The van der Waals surface area contributed by atoms with Crippen molar-refractivity contribution in [2.24, 2.45) is 5.92 Å². The summed E-state index contributed by atoms with van der Waals surface area (Å²) in [5.41, 5.74) is 0.287. The molecular formula is C13H17FO3. The lowest BCUT2D eigenvalue weighted by atomic mass is 10.0. The number of ether oxygens (including phenoxy) is 2. The number of benzene rings is 1. The van der Waals surface area contributed by atoms with Crippen LogP contribution in [0.5, 0.6) is 11.5 Å². The molecule has 4 heteroatoms. The Morgan fingerprint density at radius 1 is 1.29 bits per heavy atom. The summed E-state index contributed by atoms with van der Waals surface area (Å²) in [6.07, 6.45) is 2.12. The second kappa shape index (κ2) is 4.92. The Morgan fingerprint density at radius 2 is 1.88 bits per heavy atom. The molecular weight excluding hydrogens is 223 g/mol. The summed E-state index contributed by atoms with van der Waals surface area (Å²) in [6, 6.07) is 2.77. The lowest BCUT2D eigenvalue weighted by molar-refractivity contribution is 0.155. The van der Waals surface area contributed by atoms with E-state index in [1.165, 1.54) is 26.4 Å². The van der Waals surface area contributed by atoms with Crippen molar-refractivity contribution < 1.29 is 19.0 Å². The van der Waals surface area contributed by atoms with E-state index in [1.54, 1.807) is 0 Å². The van der Waals surface area contributed by atoms with E-state index in [0.29, 0.717) is 23.8 Å². The molecule has 0 saturated heterocycles. The quantitative estimate of drug-likeness (QED) is 0.860. The van der Waals surface area contributed by atoms with Gasteiger partial charge in [0, 0.05) is 11.6 Å². The van der Waals surface area contributed by atoms with Gasteiger partial charge >= 0.3 is 0 Å². The van der Waals surface area contributed by atoms with E-state index in [0.717, 1.165) is 12.8 Å². The largest absolute Gasteiger partial charge is 0.493 e. The molecule has 1 saturated carbocycles. The zero-order chi connectivity index (χ0) is 12.4. The van der Waals surface area contributed by atoms with Crippen molar-refractivity contribution >= 4 is 0 Å². The number of aliphatic hydroxyl groups is 1. The van der Waals surface area contributed by atoms with Crippen LogP contribution < -0.4 is 9.47 Å². The third-order valence-electron chi connectivity index (χ3n) is 3.12. The minimum Gasteiger partial charge on any atom is -0.493 e. The van der Waals surface area contributed by atoms with E-state index < -0.39 is 11.9 Å². The van der Waals surface area contributed by atoms with Crippen LogP contribution in [0.1, 0.15) is 30.9 Å². The molecule has 17 heavy (non-hydrogen) atoms. The Balaban J connectivity index is 2.25. The first-order valence-corrected chi connectivity index (χ1v) is 5.75. The summed E-state index contributed by atoms with van der Waals surface area (Å²) in [7, 11) is 2.95. The molecule has 2 rings (SSSR count). The topological polar surface area (TPSA) is 38.7 Å². The van der Waals surface area contributed by atoms with Gasteiger partial charge < -0.3 is 14.6 Å². The van der Waals surface area contributed by atoms with E-state index >= 15 is 0 Å². The number of aliphatic hydroxyl groups excluding tert-OH is 1. The van der Waals surface area contributed by atoms with Gasteiger partial charge in [-0.15, -0.1) is 0 Å². The molecule has 0 heterocycles. The Morgan fingerprint density at radius 3 is 2.41 bits per heavy atom. The lowest BCUT2D eigenvalue weighted by Gasteiger charge is -2.15. The summed E-state index contributed by atoms with van der Waals surface area (Å²) in [6.45, 7) is 0. The van der Waals surface area contributed by atoms with Gasteiger partial charge in [-0.1, -0.05) is 12.8 Å². The molecule has 0 aromatic heterocycles. The lowest BCUT2D eigenvalue weighted by Crippen LogP contribution is -2.03. The molecule has 1 unspecified atom stereocenters. The minimum absolute atomic E-state index is 0.287. The van der Waals surface area contributed by atoms with Crippen LogP contribution in [0.3, 0.4) is 0 Å². The van der Waals surface area contributed by atoms with Gasteiger partial charge in [-0.05, 0) is 18.4 Å². The molecule has 3 nitrogen and oxygen atoms in total. The Kier molecular flexibility index (Phi) is 3.52. The highest BCUT2D eigenvalue weighted by Crippen LogP contribution is 2.40. The Labute approximate surface area is 100 Å². The highest BCUT2D eigenvalue weighted by atomic mass is 19.1. The highest BCUT2D eigenvalue weighted by Gasteiger charge is 2.27. The van der Waals surface area contributed by atoms with Crippen LogP contribution in [0.25, 0.3) is 0 Å². The minimum atomic E-state index is -0.762. The molecule has 0 amide bonds. The number of methoxy groups -OCH3 is 2. The maximum Gasteiger partial charge on any atom is 0.163 e. The second-order valence-electron chi connectivity index (χ2n) is 4.42. The summed E-state index contributed by atoms with van der Waals surface area (Å²) in [5, 5.41) is 9.96. The van der Waals surface area contributed by atoms with E-state index in [9.17, 15) is 9.50 Å². The fraction of sp³-hybridized carbons (Fsp3) is 0.538. The van der Waals surface area contributed by atoms with Gasteiger partial charge in [0.2, 0.25) is 0 Å². The van der Waals surface area contributed by atoms with Gasteiger partial charge in [-0.25, -0.2) is 4.39 Å². The Bertz CT molecular complexity index is 402. The van der Waals surface area contributed by atoms with Crippen molar-refractivity contribution in [2.75, 3.05) is 14.2 Å². The van der Waals surface area contributed by atoms with Gasteiger partial charge in [-0.3, -0.25) is 0 Å². The van der Waals surface area contributed by atoms with E-state index in [1.807, 2.05) is 0 Å². The molecule has 0 bridgehead atoms. The molecule has 1 fully saturated rings. The van der Waals surface area contributed by atoms with Crippen LogP contribution >= 0.6 is 0 Å². The van der Waals surface area contributed by atoms with Gasteiger partial charge in [0.1, 0.15) is 5.82 Å². The predicted molar refractivity (Wildman–Crippen MR) is 61.8 cm³/mol. The second-order valence-corrected chi connectivity index (χ2v) is 4.42. The van der Waals surface area contributed by atoms with Gasteiger partial charge in [0.15, 0.2) is 11.5 Å². The van der Waals surface area contributed by atoms with Crippen LogP contribution in [0.2, 0.25) is 0 Å². The van der Waals surface area contributed by atoms with Crippen LogP contribution in [0.4, 0.5) is 4.39 Å². The zero-order valence-corrected chi connectivity index (χ0v) is 10.1. The average molecular weight is 240 g/mol. The molecule has 1 N–H and O–H groups in total. The molecule has 94 valence electrons. The smallest absolute Gasteiger partial charge is 0.163 e. The van der Waals surface area contributed by atoms with Crippen molar-refractivity contribution in [3.63, 3.8) is 0 Å². The molecule has 0 radical (unpaired) electrons. The maximum atomic E-state index is 13.8. The monoisotopic (exact) mass is 240 g/mol. The maximum absolute atomic E-state index is 13.8. The number of rotatable bonds is 5. The van der Waals surface area contributed by atoms with Crippen molar-refractivity contribution in [1.29, 1.82) is 0 Å².